The van der Waals surface area contributed by atoms with Crippen LogP contribution >= 0.6 is 23.2 Å². The van der Waals surface area contributed by atoms with Crippen LogP contribution in [0.4, 0.5) is 22.0 Å². The lowest BCUT2D eigenvalue weighted by Gasteiger charge is -2.29. The van der Waals surface area contributed by atoms with Crippen LogP contribution in [-0.4, -0.2) is 43.2 Å². The number of fused-ring (bicyclic) bond motifs is 1. The van der Waals surface area contributed by atoms with Crippen LogP contribution in [0.1, 0.15) is 45.1 Å². The van der Waals surface area contributed by atoms with E-state index in [4.69, 9.17) is 28.9 Å². The van der Waals surface area contributed by atoms with E-state index in [-0.39, 0.29) is 40.6 Å². The van der Waals surface area contributed by atoms with Gasteiger partial charge in [0.15, 0.2) is 5.65 Å². The average Bonchev–Trinajstić information content (AvgIpc) is 3.17. The van der Waals surface area contributed by atoms with Crippen molar-refractivity contribution in [2.45, 2.75) is 51.1 Å². The standard InChI is InChI=1S/C22H26Cl2FN7O2/c1-2-13(10-33)28-21-27-9-17-20(31-21)32(14-5-3-11(4-6-14)19(26)34)22(29-17)30-18-15(23)7-12(25)8-16(18)24/h7-9,11,13-14,33H,2-6,10H2,1H3,(H2,26,34)(H,29,30)(H,27,28,31)/t11-,13-,14+/m1/s1. The van der Waals surface area contributed by atoms with Gasteiger partial charge in [0.1, 0.15) is 11.3 Å². The highest BCUT2D eigenvalue weighted by Gasteiger charge is 2.29. The Kier molecular flexibility index (Phi) is 7.39. The maximum atomic E-state index is 13.7. The molecule has 0 unspecified atom stereocenters. The molecule has 5 N–H and O–H groups in total. The maximum absolute atomic E-state index is 13.7. The number of benzene rings is 1. The van der Waals surface area contributed by atoms with E-state index in [0.29, 0.717) is 60.9 Å². The summed E-state index contributed by atoms with van der Waals surface area (Å²) < 4.78 is 15.6. The fraction of sp³-hybridized carbons (Fsp3) is 0.455. The monoisotopic (exact) mass is 509 g/mol. The number of nitrogens with one attached hydrogen (secondary N) is 2. The van der Waals surface area contributed by atoms with Gasteiger partial charge in [0.2, 0.25) is 17.8 Å². The fourth-order valence-electron chi connectivity index (χ4n) is 4.25. The van der Waals surface area contributed by atoms with Crippen LogP contribution in [0.3, 0.4) is 0 Å². The second kappa shape index (κ2) is 10.3. The summed E-state index contributed by atoms with van der Waals surface area (Å²) in [6.45, 7) is 1.90. The summed E-state index contributed by atoms with van der Waals surface area (Å²) >= 11 is 12.5. The molecule has 4 rings (SSSR count). The maximum Gasteiger partial charge on any atom is 0.225 e. The third kappa shape index (κ3) is 5.03. The van der Waals surface area contributed by atoms with E-state index in [1.165, 1.54) is 12.1 Å². The summed E-state index contributed by atoms with van der Waals surface area (Å²) in [5, 5.41) is 16.0. The van der Waals surface area contributed by atoms with Crippen molar-refractivity contribution in [3.63, 3.8) is 0 Å². The van der Waals surface area contributed by atoms with E-state index in [9.17, 15) is 14.3 Å². The Hall–Kier alpha value is -2.69. The molecule has 182 valence electrons. The lowest BCUT2D eigenvalue weighted by atomic mass is 9.85. The van der Waals surface area contributed by atoms with Gasteiger partial charge in [-0.2, -0.15) is 4.98 Å². The van der Waals surface area contributed by atoms with Crippen LogP contribution in [0, 0.1) is 11.7 Å². The number of carbonyl (C=O) groups excluding carboxylic acids is 1. The highest BCUT2D eigenvalue weighted by molar-refractivity contribution is 6.39. The molecule has 12 heteroatoms. The molecule has 0 radical (unpaired) electrons. The average molecular weight is 510 g/mol. The Morgan fingerprint density at radius 3 is 2.53 bits per heavy atom. The van der Waals surface area contributed by atoms with Crippen molar-refractivity contribution in [2.24, 2.45) is 11.7 Å². The number of anilines is 3. The van der Waals surface area contributed by atoms with E-state index in [1.807, 2.05) is 11.5 Å². The number of hydrogen-bond acceptors (Lipinski definition) is 7. The smallest absolute Gasteiger partial charge is 0.225 e. The van der Waals surface area contributed by atoms with E-state index in [2.05, 4.69) is 25.6 Å². The van der Waals surface area contributed by atoms with Crippen molar-refractivity contribution in [1.82, 2.24) is 19.5 Å². The minimum absolute atomic E-state index is 0.0244. The van der Waals surface area contributed by atoms with Gasteiger partial charge >= 0.3 is 0 Å². The lowest BCUT2D eigenvalue weighted by Crippen LogP contribution is -2.29. The molecule has 0 bridgehead atoms. The van der Waals surface area contributed by atoms with Crippen LogP contribution in [0.5, 0.6) is 0 Å². The van der Waals surface area contributed by atoms with Crippen molar-refractivity contribution >= 4 is 57.9 Å². The molecule has 1 aromatic carbocycles. The number of imidazole rings is 1. The number of primary amides is 1. The summed E-state index contributed by atoms with van der Waals surface area (Å²) in [5.41, 5.74) is 6.95. The molecular formula is C22H26Cl2FN7O2. The number of amides is 1. The zero-order chi connectivity index (χ0) is 24.4. The molecule has 9 nitrogen and oxygen atoms in total. The van der Waals surface area contributed by atoms with Gasteiger partial charge in [0.05, 0.1) is 34.6 Å². The van der Waals surface area contributed by atoms with Crippen LogP contribution in [0.15, 0.2) is 18.3 Å². The van der Waals surface area contributed by atoms with Gasteiger partial charge in [-0.05, 0) is 44.2 Å². The number of rotatable bonds is 8. The highest BCUT2D eigenvalue weighted by Crippen LogP contribution is 2.39. The van der Waals surface area contributed by atoms with Crippen molar-refractivity contribution in [3.8, 4) is 0 Å². The number of aromatic nitrogens is 4. The first-order chi connectivity index (χ1) is 16.3. The largest absolute Gasteiger partial charge is 0.394 e. The molecule has 34 heavy (non-hydrogen) atoms. The zero-order valence-electron chi connectivity index (χ0n) is 18.6. The van der Waals surface area contributed by atoms with Crippen LogP contribution < -0.4 is 16.4 Å². The summed E-state index contributed by atoms with van der Waals surface area (Å²) in [4.78, 5) is 25.3. The first kappa shape index (κ1) is 24.4. The van der Waals surface area contributed by atoms with E-state index < -0.39 is 5.82 Å². The van der Waals surface area contributed by atoms with Gasteiger partial charge < -0.3 is 21.5 Å². The number of nitrogens with two attached hydrogens (primary N) is 1. The third-order valence-corrected chi connectivity index (χ3v) is 6.78. The Morgan fingerprint density at radius 2 is 1.94 bits per heavy atom. The Bertz CT molecular complexity index is 1170. The molecule has 1 atom stereocenters. The van der Waals surface area contributed by atoms with Crippen LogP contribution in [0.2, 0.25) is 10.0 Å². The summed E-state index contributed by atoms with van der Waals surface area (Å²) in [6.07, 6.45) is 4.98. The quantitative estimate of drug-likeness (QED) is 0.353. The Labute approximate surface area is 205 Å². The predicted octanol–water partition coefficient (Wildman–Crippen LogP) is 4.42. The van der Waals surface area contributed by atoms with Crippen molar-refractivity contribution in [2.75, 3.05) is 17.2 Å². The first-order valence-corrected chi connectivity index (χ1v) is 11.9. The number of aliphatic hydroxyl groups is 1. The summed E-state index contributed by atoms with van der Waals surface area (Å²) in [5.74, 6) is -0.209. The van der Waals surface area contributed by atoms with Gasteiger partial charge in [-0.25, -0.2) is 14.4 Å². The fourth-order valence-corrected chi connectivity index (χ4v) is 4.80. The van der Waals surface area contributed by atoms with Crippen molar-refractivity contribution in [3.05, 3.63) is 34.2 Å². The van der Waals surface area contributed by atoms with E-state index in [0.717, 1.165) is 0 Å². The zero-order valence-corrected chi connectivity index (χ0v) is 20.1. The van der Waals surface area contributed by atoms with Crippen molar-refractivity contribution in [1.29, 1.82) is 0 Å². The van der Waals surface area contributed by atoms with Gasteiger partial charge in [0, 0.05) is 12.0 Å². The van der Waals surface area contributed by atoms with E-state index >= 15 is 0 Å². The summed E-state index contributed by atoms with van der Waals surface area (Å²) in [6, 6.07) is 2.13. The Balaban J connectivity index is 1.76. The number of aliphatic hydroxyl groups excluding tert-OH is 1. The van der Waals surface area contributed by atoms with Crippen molar-refractivity contribution < 1.29 is 14.3 Å². The molecule has 1 aliphatic rings. The van der Waals surface area contributed by atoms with Crippen LogP contribution in [0.25, 0.3) is 11.2 Å². The SMILES string of the molecule is CC[C@H](CO)Nc1ncc2nc(Nc3c(Cl)cc(F)cc3Cl)n([C@H]3CC[C@@H](C(N)=O)CC3)c2n1. The Morgan fingerprint density at radius 1 is 1.26 bits per heavy atom. The molecule has 1 fully saturated rings. The normalized spacial score (nSPS) is 19.2. The molecular weight excluding hydrogens is 484 g/mol. The molecule has 0 spiro atoms. The minimum atomic E-state index is -0.547. The molecule has 1 aliphatic carbocycles. The first-order valence-electron chi connectivity index (χ1n) is 11.1. The van der Waals surface area contributed by atoms with Gasteiger partial charge in [0.25, 0.3) is 0 Å². The predicted molar refractivity (Wildman–Crippen MR) is 130 cm³/mol. The molecule has 0 saturated heterocycles. The highest BCUT2D eigenvalue weighted by atomic mass is 35.5. The lowest BCUT2D eigenvalue weighted by molar-refractivity contribution is -0.122. The molecule has 2 aromatic heterocycles. The van der Waals surface area contributed by atoms with Gasteiger partial charge in [-0.1, -0.05) is 30.1 Å². The van der Waals surface area contributed by atoms with Gasteiger partial charge in [-0.3, -0.25) is 9.36 Å². The minimum Gasteiger partial charge on any atom is -0.394 e. The molecule has 0 aliphatic heterocycles. The molecule has 3 aromatic rings. The van der Waals surface area contributed by atoms with Crippen LogP contribution in [-0.2, 0) is 4.79 Å². The number of hydrogen-bond donors (Lipinski definition) is 4. The van der Waals surface area contributed by atoms with Gasteiger partial charge in [-0.15, -0.1) is 0 Å². The molecule has 1 saturated carbocycles. The molecule has 2 heterocycles. The second-order valence-electron chi connectivity index (χ2n) is 8.42. The number of halogens is 3. The third-order valence-electron chi connectivity index (χ3n) is 6.19. The summed E-state index contributed by atoms with van der Waals surface area (Å²) in [7, 11) is 0. The topological polar surface area (TPSA) is 131 Å². The second-order valence-corrected chi connectivity index (χ2v) is 9.23. The number of carbonyl (C=O) groups is 1. The molecule has 1 amide bonds. The number of nitrogens with zero attached hydrogens (tertiary/aromatic N) is 4. The van der Waals surface area contributed by atoms with E-state index in [1.54, 1.807) is 6.20 Å².